The van der Waals surface area contributed by atoms with Crippen LogP contribution in [-0.2, 0) is 38.1 Å². The van der Waals surface area contributed by atoms with Gasteiger partial charge in [-0.25, -0.2) is 4.79 Å². The van der Waals surface area contributed by atoms with Crippen molar-refractivity contribution in [3.8, 4) is 0 Å². The van der Waals surface area contributed by atoms with Crippen LogP contribution in [0, 0.1) is 22.7 Å². The minimum absolute atomic E-state index is 0.320. The molecule has 9 nitrogen and oxygen atoms in total. The van der Waals surface area contributed by atoms with Gasteiger partial charge in [-0.2, -0.15) is 0 Å². The summed E-state index contributed by atoms with van der Waals surface area (Å²) in [6.45, 7) is 17.7. The summed E-state index contributed by atoms with van der Waals surface area (Å²) in [4.78, 5) is 49.4. The third kappa shape index (κ3) is 5.67. The summed E-state index contributed by atoms with van der Waals surface area (Å²) in [5.74, 6) is -3.17. The minimum atomic E-state index is -1.33. The molecule has 0 spiro atoms. The molecule has 0 aromatic heterocycles. The number of aliphatic hydroxyl groups excluding tert-OH is 1. The summed E-state index contributed by atoms with van der Waals surface area (Å²) in [5.41, 5.74) is 1.17. The molecule has 0 aromatic rings. The quantitative estimate of drug-likeness (QED) is 0.318. The maximum atomic E-state index is 12.6. The summed E-state index contributed by atoms with van der Waals surface area (Å²) in [6.07, 6.45) is -2.07. The fourth-order valence-corrected chi connectivity index (χ4v) is 7.40. The Morgan fingerprint density at radius 1 is 0.947 bits per heavy atom. The van der Waals surface area contributed by atoms with E-state index >= 15 is 0 Å². The standard InChI is InChI=1S/C29H42O9/c1-14-12-21(38-27(34)16(3)30)25-26(37-19(6)33)24-15(2)20(35-17(4)31)10-11-29(24,9)13-22(36-18(5)32)23(14)28(25,7)8/h16,20-22,24-26,30H,2,10-13H2,1,3-9H3/t16?,20-,21-,22-,24-,25-,26-,29-/m0/s1. The van der Waals surface area contributed by atoms with Gasteiger partial charge in [0.1, 0.15) is 30.5 Å². The van der Waals surface area contributed by atoms with Gasteiger partial charge >= 0.3 is 23.9 Å². The van der Waals surface area contributed by atoms with Gasteiger partial charge in [-0.1, -0.05) is 32.9 Å². The van der Waals surface area contributed by atoms with Crippen LogP contribution in [0.3, 0.4) is 0 Å². The van der Waals surface area contributed by atoms with Crippen LogP contribution in [0.25, 0.3) is 0 Å². The lowest BCUT2D eigenvalue weighted by molar-refractivity contribution is -0.189. The summed E-state index contributed by atoms with van der Waals surface area (Å²) in [7, 11) is 0. The zero-order valence-corrected chi connectivity index (χ0v) is 23.8. The van der Waals surface area contributed by atoms with Crippen molar-refractivity contribution >= 4 is 23.9 Å². The maximum absolute atomic E-state index is 12.6. The first-order chi connectivity index (χ1) is 17.5. The molecule has 2 fully saturated rings. The summed E-state index contributed by atoms with van der Waals surface area (Å²) < 4.78 is 23.6. The van der Waals surface area contributed by atoms with Gasteiger partial charge in [0.25, 0.3) is 0 Å². The highest BCUT2D eigenvalue weighted by Gasteiger charge is 2.61. The molecule has 0 radical (unpaired) electrons. The van der Waals surface area contributed by atoms with E-state index in [2.05, 4.69) is 13.5 Å². The molecule has 38 heavy (non-hydrogen) atoms. The molecule has 2 bridgehead atoms. The molecule has 3 rings (SSSR count). The molecule has 3 aliphatic carbocycles. The second-order valence-electron chi connectivity index (χ2n) is 12.0. The van der Waals surface area contributed by atoms with Gasteiger partial charge in [0.2, 0.25) is 0 Å². The van der Waals surface area contributed by atoms with Gasteiger partial charge in [-0.3, -0.25) is 14.4 Å². The molecule has 1 unspecified atom stereocenters. The van der Waals surface area contributed by atoms with Gasteiger partial charge in [-0.15, -0.1) is 0 Å². The number of hydrogen-bond acceptors (Lipinski definition) is 9. The lowest BCUT2D eigenvalue weighted by Crippen LogP contribution is -2.60. The first-order valence-electron chi connectivity index (χ1n) is 13.3. The highest BCUT2D eigenvalue weighted by molar-refractivity contribution is 5.74. The van der Waals surface area contributed by atoms with Crippen LogP contribution in [0.5, 0.6) is 0 Å². The number of aliphatic hydroxyl groups is 1. The van der Waals surface area contributed by atoms with Crippen molar-refractivity contribution in [3.05, 3.63) is 23.3 Å². The van der Waals surface area contributed by atoms with Crippen LogP contribution in [0.15, 0.2) is 23.3 Å². The zero-order chi connectivity index (χ0) is 28.7. The molecule has 0 heterocycles. The normalized spacial score (nSPS) is 35.1. The largest absolute Gasteiger partial charge is 0.461 e. The van der Waals surface area contributed by atoms with Crippen molar-refractivity contribution < 1.29 is 43.2 Å². The molecular formula is C29H42O9. The highest BCUT2D eigenvalue weighted by Crippen LogP contribution is 2.60. The van der Waals surface area contributed by atoms with Gasteiger partial charge in [-0.05, 0) is 55.1 Å². The Hall–Kier alpha value is -2.68. The number of ether oxygens (including phenoxy) is 4. The van der Waals surface area contributed by atoms with E-state index in [9.17, 15) is 24.3 Å². The summed E-state index contributed by atoms with van der Waals surface area (Å²) in [5, 5.41) is 9.92. The van der Waals surface area contributed by atoms with E-state index in [0.29, 0.717) is 31.3 Å². The second kappa shape index (κ2) is 10.8. The van der Waals surface area contributed by atoms with Crippen molar-refractivity contribution in [2.45, 2.75) is 112 Å². The van der Waals surface area contributed by atoms with E-state index in [1.165, 1.54) is 27.7 Å². The summed E-state index contributed by atoms with van der Waals surface area (Å²) >= 11 is 0. The topological polar surface area (TPSA) is 125 Å². The van der Waals surface area contributed by atoms with Crippen LogP contribution in [-0.4, -0.2) is 59.5 Å². The molecule has 9 heteroatoms. The van der Waals surface area contributed by atoms with Crippen molar-refractivity contribution in [3.63, 3.8) is 0 Å². The zero-order valence-electron chi connectivity index (χ0n) is 23.8. The molecule has 0 aliphatic heterocycles. The van der Waals surface area contributed by atoms with Crippen LogP contribution in [0.1, 0.15) is 81.1 Å². The molecule has 212 valence electrons. The maximum Gasteiger partial charge on any atom is 0.334 e. The van der Waals surface area contributed by atoms with E-state index in [1.54, 1.807) is 0 Å². The van der Waals surface area contributed by atoms with Crippen LogP contribution in [0.4, 0.5) is 0 Å². The number of rotatable bonds is 5. The van der Waals surface area contributed by atoms with E-state index in [0.717, 1.165) is 11.1 Å². The monoisotopic (exact) mass is 534 g/mol. The fourth-order valence-electron chi connectivity index (χ4n) is 7.40. The predicted molar refractivity (Wildman–Crippen MR) is 137 cm³/mol. The first-order valence-corrected chi connectivity index (χ1v) is 13.3. The molecule has 0 saturated heterocycles. The molecule has 2 saturated carbocycles. The smallest absolute Gasteiger partial charge is 0.334 e. The lowest BCUT2D eigenvalue weighted by atomic mass is 9.50. The Morgan fingerprint density at radius 3 is 2.03 bits per heavy atom. The van der Waals surface area contributed by atoms with Crippen molar-refractivity contribution in [2.75, 3.05) is 0 Å². The average Bonchev–Trinajstić information content (AvgIpc) is 2.73. The third-order valence-electron chi connectivity index (χ3n) is 8.62. The fraction of sp³-hybridized carbons (Fsp3) is 0.724. The van der Waals surface area contributed by atoms with Crippen LogP contribution in [0.2, 0.25) is 0 Å². The Bertz CT molecular complexity index is 1040. The minimum Gasteiger partial charge on any atom is -0.461 e. The number of hydrogen-bond donors (Lipinski definition) is 1. The van der Waals surface area contributed by atoms with Crippen molar-refractivity contribution in [1.29, 1.82) is 0 Å². The number of carbonyl (C=O) groups is 4. The molecule has 3 aliphatic rings. The molecule has 8 atom stereocenters. The van der Waals surface area contributed by atoms with E-state index in [1.807, 2.05) is 20.8 Å². The molecule has 1 N–H and O–H groups in total. The van der Waals surface area contributed by atoms with Gasteiger partial charge in [0.05, 0.1) is 0 Å². The lowest BCUT2D eigenvalue weighted by Gasteiger charge is -2.58. The van der Waals surface area contributed by atoms with E-state index in [-0.39, 0.29) is 0 Å². The Labute approximate surface area is 224 Å². The second-order valence-corrected chi connectivity index (χ2v) is 12.0. The third-order valence-corrected chi connectivity index (χ3v) is 8.62. The molecular weight excluding hydrogens is 492 g/mol. The van der Waals surface area contributed by atoms with Gasteiger partial charge < -0.3 is 24.1 Å². The van der Waals surface area contributed by atoms with E-state index in [4.69, 9.17) is 18.9 Å². The number of carbonyl (C=O) groups excluding carboxylic acids is 4. The van der Waals surface area contributed by atoms with Gasteiger partial charge in [0.15, 0.2) is 0 Å². The van der Waals surface area contributed by atoms with Crippen molar-refractivity contribution in [2.24, 2.45) is 22.7 Å². The Morgan fingerprint density at radius 2 is 1.50 bits per heavy atom. The molecule has 0 amide bonds. The Balaban J connectivity index is 2.29. The van der Waals surface area contributed by atoms with Gasteiger partial charge in [0, 0.05) is 39.0 Å². The van der Waals surface area contributed by atoms with Crippen LogP contribution < -0.4 is 0 Å². The number of fused-ring (bicyclic) bond motifs is 3. The van der Waals surface area contributed by atoms with Crippen LogP contribution >= 0.6 is 0 Å². The van der Waals surface area contributed by atoms with E-state index < -0.39 is 77.1 Å². The highest BCUT2D eigenvalue weighted by atomic mass is 16.6. The average molecular weight is 535 g/mol. The van der Waals surface area contributed by atoms with Crippen molar-refractivity contribution in [1.82, 2.24) is 0 Å². The molecule has 0 aromatic carbocycles. The number of esters is 4. The first kappa shape index (κ1) is 29.9. The Kier molecular flexibility index (Phi) is 8.51. The SMILES string of the molecule is C=C1[C@@H](OC(C)=O)CC[C@@]2(C)C[C@H](OC(C)=O)C3=C(C)C[C@H](OC(=O)C(C)O)[C@@H]([C@@H](OC(C)=O)[C@H]12)C3(C)C. The summed E-state index contributed by atoms with van der Waals surface area (Å²) in [6, 6.07) is 0. The predicted octanol–water partition coefficient (Wildman–Crippen LogP) is 3.81.